The number of para-hydroxylation sites is 2. The summed E-state index contributed by atoms with van der Waals surface area (Å²) < 4.78 is 4.13. The smallest absolute Gasteiger partial charge is 0.265 e. The minimum atomic E-state index is -0.207. The zero-order valence-electron chi connectivity index (χ0n) is 18.8. The number of carbonyl (C=O) groups excluding carboxylic acids is 1. The normalized spacial score (nSPS) is 11.1. The Morgan fingerprint density at radius 1 is 1.08 bits per heavy atom. The Hall–Kier alpha value is -4.48. The summed E-state index contributed by atoms with van der Waals surface area (Å²) in [5.41, 5.74) is 10.7. The fraction of sp³-hybridized carbons (Fsp3) is 0.0400. The van der Waals surface area contributed by atoms with E-state index in [2.05, 4.69) is 31.1 Å². The number of nitrogens with two attached hydrogens (primary N) is 1. The summed E-state index contributed by atoms with van der Waals surface area (Å²) in [6.07, 6.45) is 7.34. The van der Waals surface area contributed by atoms with Crippen LogP contribution in [0, 0.1) is 0 Å². The molecular formula is C25H20N8OS2. The van der Waals surface area contributed by atoms with Crippen molar-refractivity contribution in [2.75, 3.05) is 16.4 Å². The van der Waals surface area contributed by atoms with Crippen LogP contribution in [0.25, 0.3) is 17.0 Å². The number of amides is 1. The number of aromatic nitrogens is 5. The predicted octanol–water partition coefficient (Wildman–Crippen LogP) is 5.34. The molecule has 0 aliphatic rings. The second-order valence-corrected chi connectivity index (χ2v) is 9.90. The topological polar surface area (TPSA) is 115 Å². The lowest BCUT2D eigenvalue weighted by Gasteiger charge is -2.08. The van der Waals surface area contributed by atoms with Gasteiger partial charge in [0.1, 0.15) is 11.3 Å². The van der Waals surface area contributed by atoms with E-state index in [1.807, 2.05) is 52.7 Å². The number of carbonyl (C=O) groups is 1. The molecular weight excluding hydrogens is 492 g/mol. The standard InChI is InChI=1S/C25H20N8OS2/c26-17-5-1-2-6-18(17)29-24(34)21-8-9-23(36-21)31-25-30-19(14-35-25)20-12-28-22-7-3-4-16(33(20)22)13-32-11-10-27-15-32/h1-12,14-15H,13,26H2,(H,29,34)(H,30,31). The highest BCUT2D eigenvalue weighted by Crippen LogP contribution is 2.31. The molecule has 0 bridgehead atoms. The zero-order valence-corrected chi connectivity index (χ0v) is 20.5. The van der Waals surface area contributed by atoms with Crippen molar-refractivity contribution < 1.29 is 4.79 Å². The molecule has 0 saturated heterocycles. The summed E-state index contributed by atoms with van der Waals surface area (Å²) in [5, 5.41) is 9.72. The summed E-state index contributed by atoms with van der Waals surface area (Å²) in [6, 6.07) is 16.9. The second-order valence-electron chi connectivity index (χ2n) is 7.96. The lowest BCUT2D eigenvalue weighted by molar-refractivity contribution is 0.103. The van der Waals surface area contributed by atoms with Gasteiger partial charge in [-0.25, -0.2) is 15.0 Å². The molecule has 0 fully saturated rings. The van der Waals surface area contributed by atoms with Gasteiger partial charge in [-0.3, -0.25) is 9.20 Å². The average Bonchev–Trinajstić information content (AvgIpc) is 3.68. The first kappa shape index (κ1) is 22.0. The van der Waals surface area contributed by atoms with Crippen LogP contribution < -0.4 is 16.4 Å². The van der Waals surface area contributed by atoms with E-state index in [0.29, 0.717) is 22.8 Å². The van der Waals surface area contributed by atoms with Crippen molar-refractivity contribution in [1.82, 2.24) is 23.9 Å². The lowest BCUT2D eigenvalue weighted by atomic mass is 10.2. The highest BCUT2D eigenvalue weighted by molar-refractivity contribution is 7.19. The minimum Gasteiger partial charge on any atom is -0.397 e. The van der Waals surface area contributed by atoms with Crippen molar-refractivity contribution in [1.29, 1.82) is 0 Å². The molecule has 0 spiro atoms. The molecule has 0 aliphatic carbocycles. The predicted molar refractivity (Wildman–Crippen MR) is 144 cm³/mol. The molecule has 6 rings (SSSR count). The van der Waals surface area contributed by atoms with Crippen molar-refractivity contribution in [3.63, 3.8) is 0 Å². The largest absolute Gasteiger partial charge is 0.397 e. The number of anilines is 4. The minimum absolute atomic E-state index is 0.207. The van der Waals surface area contributed by atoms with Crippen LogP contribution >= 0.6 is 22.7 Å². The van der Waals surface area contributed by atoms with Gasteiger partial charge in [-0.05, 0) is 36.4 Å². The van der Waals surface area contributed by atoms with Crippen molar-refractivity contribution in [2.24, 2.45) is 0 Å². The third kappa shape index (κ3) is 4.32. The van der Waals surface area contributed by atoms with E-state index in [-0.39, 0.29) is 5.91 Å². The van der Waals surface area contributed by atoms with Crippen molar-refractivity contribution >= 4 is 55.7 Å². The van der Waals surface area contributed by atoms with E-state index < -0.39 is 0 Å². The molecule has 0 atom stereocenters. The van der Waals surface area contributed by atoms with Crippen LogP contribution in [0.5, 0.6) is 0 Å². The third-order valence-corrected chi connectivity index (χ3v) is 7.31. The van der Waals surface area contributed by atoms with Crippen LogP contribution in [0.1, 0.15) is 15.4 Å². The first-order valence-electron chi connectivity index (χ1n) is 11.0. The number of nitrogens with one attached hydrogen (secondary N) is 2. The highest BCUT2D eigenvalue weighted by atomic mass is 32.1. The molecule has 0 radical (unpaired) electrons. The average molecular weight is 513 g/mol. The maximum Gasteiger partial charge on any atom is 0.265 e. The van der Waals surface area contributed by atoms with Gasteiger partial charge >= 0.3 is 0 Å². The number of pyridine rings is 1. The van der Waals surface area contributed by atoms with E-state index in [9.17, 15) is 4.79 Å². The van der Waals surface area contributed by atoms with E-state index >= 15 is 0 Å². The summed E-state index contributed by atoms with van der Waals surface area (Å²) in [5.74, 6) is -0.207. The van der Waals surface area contributed by atoms with Crippen molar-refractivity contribution in [3.8, 4) is 11.4 Å². The highest BCUT2D eigenvalue weighted by Gasteiger charge is 2.15. The van der Waals surface area contributed by atoms with E-state index in [1.54, 1.807) is 30.7 Å². The maximum atomic E-state index is 12.6. The van der Waals surface area contributed by atoms with Gasteiger partial charge in [0.05, 0.1) is 46.0 Å². The number of imidazole rings is 2. The van der Waals surface area contributed by atoms with Gasteiger partial charge in [0.25, 0.3) is 5.91 Å². The number of fused-ring (bicyclic) bond motifs is 1. The molecule has 1 aromatic carbocycles. The molecule has 9 nitrogen and oxygen atoms in total. The molecule has 36 heavy (non-hydrogen) atoms. The SMILES string of the molecule is Nc1ccccc1NC(=O)c1ccc(Nc2nc(-c3cnc4cccc(Cn5ccnc5)n34)cs2)s1. The first-order chi connectivity index (χ1) is 17.6. The monoisotopic (exact) mass is 512 g/mol. The molecule has 6 aromatic rings. The van der Waals surface area contributed by atoms with Gasteiger partial charge in [0, 0.05) is 23.5 Å². The number of thiazole rings is 1. The Bertz CT molecular complexity index is 1660. The third-order valence-electron chi connectivity index (χ3n) is 5.55. The van der Waals surface area contributed by atoms with Gasteiger partial charge in [0.2, 0.25) is 0 Å². The molecule has 0 aliphatic heterocycles. The first-order valence-corrected chi connectivity index (χ1v) is 12.7. The van der Waals surface area contributed by atoms with E-state index in [1.165, 1.54) is 22.7 Å². The number of nitrogen functional groups attached to an aromatic ring is 1. The number of nitrogens with zero attached hydrogens (tertiary/aromatic N) is 5. The van der Waals surface area contributed by atoms with E-state index in [4.69, 9.17) is 10.7 Å². The number of thiophene rings is 1. The summed E-state index contributed by atoms with van der Waals surface area (Å²) in [6.45, 7) is 0.671. The fourth-order valence-corrected chi connectivity index (χ4v) is 5.43. The van der Waals surface area contributed by atoms with Crippen LogP contribution in [0.2, 0.25) is 0 Å². The van der Waals surface area contributed by atoms with Crippen LogP contribution in [0.15, 0.2) is 84.9 Å². The number of hydrogen-bond donors (Lipinski definition) is 3. The molecule has 11 heteroatoms. The molecule has 0 unspecified atom stereocenters. The van der Waals surface area contributed by atoms with Crippen molar-refractivity contribution in [2.45, 2.75) is 6.54 Å². The molecule has 1 amide bonds. The molecule has 178 valence electrons. The Kier molecular flexibility index (Phi) is 5.68. The summed E-state index contributed by atoms with van der Waals surface area (Å²) in [7, 11) is 0. The molecule has 0 saturated carbocycles. The van der Waals surface area contributed by atoms with Crippen LogP contribution in [0.4, 0.5) is 21.5 Å². The van der Waals surface area contributed by atoms with Gasteiger partial charge in [-0.15, -0.1) is 22.7 Å². The number of hydrogen-bond acceptors (Lipinski definition) is 8. The van der Waals surface area contributed by atoms with Gasteiger partial charge < -0.3 is 20.9 Å². The number of rotatable bonds is 7. The molecule has 5 aromatic heterocycles. The maximum absolute atomic E-state index is 12.6. The summed E-state index contributed by atoms with van der Waals surface area (Å²) >= 11 is 2.85. The Labute approximate surface area is 213 Å². The summed E-state index contributed by atoms with van der Waals surface area (Å²) in [4.78, 5) is 26.7. The fourth-order valence-electron chi connectivity index (χ4n) is 3.85. The van der Waals surface area contributed by atoms with Crippen molar-refractivity contribution in [3.05, 3.63) is 95.5 Å². The van der Waals surface area contributed by atoms with Crippen LogP contribution in [-0.4, -0.2) is 29.8 Å². The lowest BCUT2D eigenvalue weighted by Crippen LogP contribution is -2.11. The van der Waals surface area contributed by atoms with Gasteiger partial charge in [0.15, 0.2) is 5.13 Å². The second kappa shape index (κ2) is 9.29. The Balaban J connectivity index is 1.21. The zero-order chi connectivity index (χ0) is 24.5. The van der Waals surface area contributed by atoms with Gasteiger partial charge in [-0.2, -0.15) is 0 Å². The molecule has 5 heterocycles. The number of benzene rings is 1. The van der Waals surface area contributed by atoms with Gasteiger partial charge in [-0.1, -0.05) is 18.2 Å². The Morgan fingerprint density at radius 2 is 2.00 bits per heavy atom. The van der Waals surface area contributed by atoms with E-state index in [0.717, 1.165) is 32.9 Å². The molecule has 4 N–H and O–H groups in total. The Morgan fingerprint density at radius 3 is 2.86 bits per heavy atom. The van der Waals surface area contributed by atoms with Crippen LogP contribution in [-0.2, 0) is 6.54 Å². The van der Waals surface area contributed by atoms with Crippen LogP contribution in [0.3, 0.4) is 0 Å². The quantitative estimate of drug-likeness (QED) is 0.249.